The molecule has 1 fully saturated rings. The molecule has 1 amide bonds. The van der Waals surface area contributed by atoms with Crippen molar-refractivity contribution in [1.29, 1.82) is 0 Å². The highest BCUT2D eigenvalue weighted by atomic mass is 16.5. The average Bonchev–Trinajstić information content (AvgIpc) is 2.65. The highest BCUT2D eigenvalue weighted by molar-refractivity contribution is 5.84. The molecule has 1 atom stereocenters. The van der Waals surface area contributed by atoms with Gasteiger partial charge in [-0.3, -0.25) is 14.7 Å². The highest BCUT2D eigenvalue weighted by Crippen LogP contribution is 2.22. The fraction of sp³-hybridized carbons (Fsp3) is 0.500. The van der Waals surface area contributed by atoms with E-state index in [-0.39, 0.29) is 12.0 Å². The normalized spacial score (nSPS) is 18.2. The fourth-order valence-electron chi connectivity index (χ4n) is 3.16. The second kappa shape index (κ2) is 8.96. The van der Waals surface area contributed by atoms with Gasteiger partial charge >= 0.3 is 0 Å². The molecule has 0 saturated carbocycles. The zero-order valence-electron chi connectivity index (χ0n) is 15.5. The largest absolute Gasteiger partial charge is 0.489 e. The summed E-state index contributed by atoms with van der Waals surface area (Å²) in [7, 11) is 0. The zero-order valence-corrected chi connectivity index (χ0v) is 15.5. The Morgan fingerprint density at radius 3 is 3.08 bits per heavy atom. The maximum Gasteiger partial charge on any atom is 0.222 e. The molecule has 1 aromatic carbocycles. The van der Waals surface area contributed by atoms with E-state index in [9.17, 15) is 4.79 Å². The molecule has 0 spiro atoms. The number of nitrogens with zero attached hydrogens (tertiary/aromatic N) is 2. The quantitative estimate of drug-likeness (QED) is 0.770. The Morgan fingerprint density at radius 2 is 2.23 bits per heavy atom. The average molecular weight is 357 g/mol. The van der Waals surface area contributed by atoms with Gasteiger partial charge < -0.3 is 14.8 Å². The maximum atomic E-state index is 12.1. The molecule has 6 nitrogen and oxygen atoms in total. The van der Waals surface area contributed by atoms with Crippen molar-refractivity contribution in [1.82, 2.24) is 15.2 Å². The molecule has 1 aliphatic heterocycles. The fourth-order valence-corrected chi connectivity index (χ4v) is 3.16. The van der Waals surface area contributed by atoms with E-state index in [1.165, 1.54) is 0 Å². The number of morpholine rings is 1. The van der Waals surface area contributed by atoms with Gasteiger partial charge in [0.15, 0.2) is 0 Å². The number of rotatable bonds is 7. The van der Waals surface area contributed by atoms with Crippen LogP contribution in [0.1, 0.15) is 20.3 Å². The van der Waals surface area contributed by atoms with Crippen LogP contribution in [0.3, 0.4) is 0 Å². The molecule has 1 saturated heterocycles. The van der Waals surface area contributed by atoms with Crippen LogP contribution in [0.15, 0.2) is 36.5 Å². The molecule has 0 unspecified atom stereocenters. The minimum absolute atomic E-state index is 0.000232. The van der Waals surface area contributed by atoms with Crippen LogP contribution < -0.4 is 10.1 Å². The van der Waals surface area contributed by atoms with E-state index < -0.39 is 0 Å². The Bertz CT molecular complexity index is 730. The first-order chi connectivity index (χ1) is 12.6. The van der Waals surface area contributed by atoms with Gasteiger partial charge in [0.05, 0.1) is 25.7 Å². The van der Waals surface area contributed by atoms with Crippen LogP contribution in [-0.2, 0) is 9.53 Å². The van der Waals surface area contributed by atoms with Crippen LogP contribution in [0.4, 0.5) is 0 Å². The SMILES string of the molecule is CC(C)N1CCO[C@@H](CC(=O)NCCOc2cccc3cccnc23)C1. The standard InChI is InChI=1S/C20H27N3O3/c1-15(2)23-10-12-25-17(14-23)13-19(24)21-9-11-26-18-7-3-5-16-6-4-8-22-20(16)18/h3-8,15,17H,9-14H2,1-2H3,(H,21,24)/t17-/m0/s1. The Labute approximate surface area is 154 Å². The van der Waals surface area contributed by atoms with E-state index in [1.54, 1.807) is 6.20 Å². The molecule has 6 heteroatoms. The van der Waals surface area contributed by atoms with Gasteiger partial charge in [0, 0.05) is 30.7 Å². The number of hydrogen-bond donors (Lipinski definition) is 1. The van der Waals surface area contributed by atoms with Gasteiger partial charge in [-0.25, -0.2) is 0 Å². The molecule has 140 valence electrons. The number of amides is 1. The summed E-state index contributed by atoms with van der Waals surface area (Å²) in [6, 6.07) is 10.2. The van der Waals surface area contributed by atoms with Crippen LogP contribution in [0.25, 0.3) is 10.9 Å². The number of nitrogens with one attached hydrogen (secondary N) is 1. The van der Waals surface area contributed by atoms with E-state index in [1.807, 2.05) is 30.3 Å². The van der Waals surface area contributed by atoms with E-state index in [4.69, 9.17) is 9.47 Å². The molecular weight excluding hydrogens is 330 g/mol. The van der Waals surface area contributed by atoms with Crippen molar-refractivity contribution in [2.45, 2.75) is 32.4 Å². The summed E-state index contributed by atoms with van der Waals surface area (Å²) in [5, 5.41) is 3.95. The van der Waals surface area contributed by atoms with Crippen molar-refractivity contribution in [3.63, 3.8) is 0 Å². The highest BCUT2D eigenvalue weighted by Gasteiger charge is 2.24. The first kappa shape index (κ1) is 18.6. The number of carbonyl (C=O) groups excluding carboxylic acids is 1. The first-order valence-electron chi connectivity index (χ1n) is 9.22. The summed E-state index contributed by atoms with van der Waals surface area (Å²) in [4.78, 5) is 18.8. The second-order valence-corrected chi connectivity index (χ2v) is 6.82. The second-order valence-electron chi connectivity index (χ2n) is 6.82. The van der Waals surface area contributed by atoms with Crippen molar-refractivity contribution in [2.75, 3.05) is 32.8 Å². The van der Waals surface area contributed by atoms with Crippen LogP contribution in [-0.4, -0.2) is 60.8 Å². The summed E-state index contributed by atoms with van der Waals surface area (Å²) in [6.07, 6.45) is 2.11. The summed E-state index contributed by atoms with van der Waals surface area (Å²) < 4.78 is 11.5. The first-order valence-corrected chi connectivity index (χ1v) is 9.22. The summed E-state index contributed by atoms with van der Waals surface area (Å²) in [5.41, 5.74) is 0.839. The molecule has 1 aromatic heterocycles. The monoisotopic (exact) mass is 357 g/mol. The van der Waals surface area contributed by atoms with Crippen molar-refractivity contribution >= 4 is 16.8 Å². The van der Waals surface area contributed by atoms with Gasteiger partial charge in [-0.1, -0.05) is 18.2 Å². The predicted molar refractivity (Wildman–Crippen MR) is 101 cm³/mol. The molecule has 2 heterocycles. The van der Waals surface area contributed by atoms with Crippen molar-refractivity contribution in [2.24, 2.45) is 0 Å². The predicted octanol–water partition coefficient (Wildman–Crippen LogP) is 2.23. The Morgan fingerprint density at radius 1 is 1.38 bits per heavy atom. The lowest BCUT2D eigenvalue weighted by molar-refractivity contribution is -0.126. The van der Waals surface area contributed by atoms with Crippen LogP contribution in [0, 0.1) is 0 Å². The van der Waals surface area contributed by atoms with Gasteiger partial charge in [0.2, 0.25) is 5.91 Å². The van der Waals surface area contributed by atoms with Gasteiger partial charge in [-0.15, -0.1) is 0 Å². The molecule has 0 radical (unpaired) electrons. The third kappa shape index (κ3) is 4.93. The lowest BCUT2D eigenvalue weighted by Crippen LogP contribution is -2.47. The number of pyridine rings is 1. The molecule has 0 bridgehead atoms. The number of hydrogen-bond acceptors (Lipinski definition) is 5. The summed E-state index contributed by atoms with van der Waals surface area (Å²) >= 11 is 0. The number of aromatic nitrogens is 1. The molecule has 3 rings (SSSR count). The summed E-state index contributed by atoms with van der Waals surface area (Å²) in [6.45, 7) is 7.64. The van der Waals surface area contributed by atoms with Gasteiger partial charge in [0.25, 0.3) is 0 Å². The molecule has 0 aliphatic carbocycles. The lowest BCUT2D eigenvalue weighted by atomic mass is 10.1. The molecule has 1 N–H and O–H groups in total. The number of fused-ring (bicyclic) bond motifs is 1. The Kier molecular flexibility index (Phi) is 6.41. The minimum atomic E-state index is -0.0330. The summed E-state index contributed by atoms with van der Waals surface area (Å²) in [5.74, 6) is 0.737. The lowest BCUT2D eigenvalue weighted by Gasteiger charge is -2.35. The van der Waals surface area contributed by atoms with E-state index in [0.717, 1.165) is 29.7 Å². The van der Waals surface area contributed by atoms with Crippen molar-refractivity contribution < 1.29 is 14.3 Å². The van der Waals surface area contributed by atoms with E-state index in [0.29, 0.717) is 32.2 Å². The van der Waals surface area contributed by atoms with Crippen molar-refractivity contribution in [3.8, 4) is 5.75 Å². The van der Waals surface area contributed by atoms with E-state index in [2.05, 4.69) is 29.0 Å². The topological polar surface area (TPSA) is 63.7 Å². The Balaban J connectivity index is 1.41. The maximum absolute atomic E-state index is 12.1. The number of carbonyl (C=O) groups is 1. The van der Waals surface area contributed by atoms with Crippen molar-refractivity contribution in [3.05, 3.63) is 36.5 Å². The minimum Gasteiger partial charge on any atom is -0.489 e. The Hall–Kier alpha value is -2.18. The number of para-hydroxylation sites is 1. The molecule has 2 aromatic rings. The molecule has 26 heavy (non-hydrogen) atoms. The smallest absolute Gasteiger partial charge is 0.222 e. The zero-order chi connectivity index (χ0) is 18.4. The third-order valence-electron chi connectivity index (χ3n) is 4.59. The van der Waals surface area contributed by atoms with Gasteiger partial charge in [-0.05, 0) is 26.0 Å². The van der Waals surface area contributed by atoms with Crippen LogP contribution >= 0.6 is 0 Å². The van der Waals surface area contributed by atoms with Crippen LogP contribution in [0.2, 0.25) is 0 Å². The third-order valence-corrected chi connectivity index (χ3v) is 4.59. The number of ether oxygens (including phenoxy) is 2. The van der Waals surface area contributed by atoms with E-state index >= 15 is 0 Å². The number of benzene rings is 1. The molecule has 1 aliphatic rings. The van der Waals surface area contributed by atoms with Crippen LogP contribution in [0.5, 0.6) is 5.75 Å². The van der Waals surface area contributed by atoms with Gasteiger partial charge in [-0.2, -0.15) is 0 Å². The van der Waals surface area contributed by atoms with Gasteiger partial charge in [0.1, 0.15) is 17.9 Å². The molecular formula is C20H27N3O3.